The quantitative estimate of drug-likeness (QED) is 0.543. The molecule has 0 saturated carbocycles. The number of nitrogens with zero attached hydrogens (tertiary/aromatic N) is 1. The van der Waals surface area contributed by atoms with Crippen molar-refractivity contribution in [3.05, 3.63) is 21.7 Å². The van der Waals surface area contributed by atoms with Gasteiger partial charge in [-0.2, -0.15) is 0 Å². The summed E-state index contributed by atoms with van der Waals surface area (Å²) < 4.78 is 5.91. The minimum atomic E-state index is -1.16. The largest absolute Gasteiger partial charge is 0.392 e. The number of aromatic nitrogens is 1. The van der Waals surface area contributed by atoms with Crippen LogP contribution in [0, 0.1) is 24.2 Å². The number of amides is 1. The molecule has 0 bridgehead atoms. The molecule has 3 heterocycles. The SMILES string of the molecule is C/C(=C\c1csc(C)n1)C1CC2O[C@@H]2CCC[C@H](C)[C@H](O)[C@@H](C)C(=O)C(C)(C)[C@@H](O)CC(=O)N1. The second kappa shape index (κ2) is 11.0. The van der Waals surface area contributed by atoms with Crippen LogP contribution < -0.4 is 5.32 Å². The zero-order valence-electron chi connectivity index (χ0n) is 21.2. The maximum absolute atomic E-state index is 13.2. The summed E-state index contributed by atoms with van der Waals surface area (Å²) in [6, 6.07) is -0.247. The summed E-state index contributed by atoms with van der Waals surface area (Å²) >= 11 is 1.58. The number of aliphatic hydroxyl groups excluding tert-OH is 2. The summed E-state index contributed by atoms with van der Waals surface area (Å²) in [6.07, 6.45) is 3.31. The van der Waals surface area contributed by atoms with Gasteiger partial charge in [0.05, 0.1) is 53.0 Å². The van der Waals surface area contributed by atoms with Crippen LogP contribution in [0.15, 0.2) is 11.0 Å². The number of hydrogen-bond donors (Lipinski definition) is 3. The Hall–Kier alpha value is -1.61. The Kier molecular flexibility index (Phi) is 8.71. The maximum Gasteiger partial charge on any atom is 0.223 e. The number of ether oxygens (including phenoxy) is 1. The average Bonchev–Trinajstić information content (AvgIpc) is 3.38. The molecule has 0 aliphatic carbocycles. The van der Waals surface area contributed by atoms with Gasteiger partial charge in [-0.1, -0.05) is 34.1 Å². The predicted molar refractivity (Wildman–Crippen MR) is 133 cm³/mol. The van der Waals surface area contributed by atoms with E-state index in [4.69, 9.17) is 4.74 Å². The first-order valence-corrected chi connectivity index (χ1v) is 13.2. The Bertz CT molecular complexity index is 911. The summed E-state index contributed by atoms with van der Waals surface area (Å²) in [5.41, 5.74) is 0.685. The smallest absolute Gasteiger partial charge is 0.223 e. The van der Waals surface area contributed by atoms with Crippen LogP contribution in [0.3, 0.4) is 0 Å². The van der Waals surface area contributed by atoms with Crippen LogP contribution in [-0.2, 0) is 14.3 Å². The third-order valence-corrected chi connectivity index (χ3v) is 8.35. The Morgan fingerprint density at radius 3 is 2.59 bits per heavy atom. The molecule has 1 aromatic rings. The number of carbonyl (C=O) groups excluding carboxylic acids is 2. The molecular weight excluding hydrogens is 452 g/mol. The number of nitrogens with one attached hydrogen (secondary N) is 1. The van der Waals surface area contributed by atoms with E-state index in [-0.39, 0.29) is 42.3 Å². The van der Waals surface area contributed by atoms with Crippen molar-refractivity contribution in [2.75, 3.05) is 0 Å². The zero-order valence-corrected chi connectivity index (χ0v) is 22.0. The van der Waals surface area contributed by atoms with Gasteiger partial charge in [0.15, 0.2) is 0 Å². The molecule has 190 valence electrons. The van der Waals surface area contributed by atoms with E-state index in [0.29, 0.717) is 6.42 Å². The van der Waals surface area contributed by atoms with Crippen molar-refractivity contribution in [1.82, 2.24) is 10.3 Å². The first-order chi connectivity index (χ1) is 15.9. The zero-order chi connectivity index (χ0) is 25.2. The Morgan fingerprint density at radius 2 is 1.94 bits per heavy atom. The predicted octanol–water partition coefficient (Wildman–Crippen LogP) is 3.66. The lowest BCUT2D eigenvalue weighted by molar-refractivity contribution is -0.143. The molecule has 7 atom stereocenters. The topological polar surface area (TPSA) is 112 Å². The molecule has 0 aromatic carbocycles. The maximum atomic E-state index is 13.2. The Balaban J connectivity index is 1.81. The molecule has 2 fully saturated rings. The fraction of sp³-hybridized carbons (Fsp3) is 0.731. The van der Waals surface area contributed by atoms with Gasteiger partial charge in [0.1, 0.15) is 5.78 Å². The van der Waals surface area contributed by atoms with Crippen molar-refractivity contribution in [2.24, 2.45) is 17.3 Å². The van der Waals surface area contributed by atoms with Gasteiger partial charge in [-0.25, -0.2) is 4.98 Å². The molecule has 8 heteroatoms. The van der Waals surface area contributed by atoms with Crippen molar-refractivity contribution >= 4 is 29.1 Å². The van der Waals surface area contributed by atoms with E-state index in [9.17, 15) is 19.8 Å². The summed E-state index contributed by atoms with van der Waals surface area (Å²) in [5.74, 6) is -1.21. The normalized spacial score (nSPS) is 36.0. The number of carbonyl (C=O) groups is 2. The molecule has 2 aliphatic rings. The second-order valence-electron chi connectivity index (χ2n) is 10.7. The number of aryl methyl sites for hydroxylation is 1. The van der Waals surface area contributed by atoms with Crippen LogP contribution in [0.25, 0.3) is 6.08 Å². The van der Waals surface area contributed by atoms with E-state index in [1.54, 1.807) is 32.1 Å². The van der Waals surface area contributed by atoms with Gasteiger partial charge in [-0.15, -0.1) is 11.3 Å². The van der Waals surface area contributed by atoms with Crippen LogP contribution in [0.4, 0.5) is 0 Å². The minimum Gasteiger partial charge on any atom is -0.392 e. The summed E-state index contributed by atoms with van der Waals surface area (Å²) in [6.45, 7) is 10.9. The van der Waals surface area contributed by atoms with E-state index < -0.39 is 23.5 Å². The molecular formula is C26H40N2O5S. The van der Waals surface area contributed by atoms with Crippen LogP contribution in [0.2, 0.25) is 0 Å². The fourth-order valence-corrected chi connectivity index (χ4v) is 5.48. The standard InChI is InChI=1S/C26H40N2O5S/c1-14-8-7-9-20-21(33-20)11-19(15(2)10-18-13-34-17(4)27-18)28-23(30)12-22(29)26(5,6)25(32)16(3)24(14)31/h10,13-14,16,19-22,24,29,31H,7-9,11-12H2,1-6H3,(H,28,30)/b15-10+/t14-,16+,19?,20+,21?,22-,24-/m0/s1. The Morgan fingerprint density at radius 1 is 1.24 bits per heavy atom. The molecule has 2 saturated heterocycles. The number of thiazole rings is 1. The molecule has 7 nitrogen and oxygen atoms in total. The molecule has 2 aliphatic heterocycles. The highest BCUT2D eigenvalue weighted by molar-refractivity contribution is 7.09. The van der Waals surface area contributed by atoms with E-state index in [2.05, 4.69) is 10.3 Å². The summed E-state index contributed by atoms with van der Waals surface area (Å²) in [4.78, 5) is 30.6. The van der Waals surface area contributed by atoms with Crippen molar-refractivity contribution in [3.63, 3.8) is 0 Å². The first kappa shape index (κ1) is 27.0. The van der Waals surface area contributed by atoms with E-state index in [0.717, 1.165) is 35.5 Å². The van der Waals surface area contributed by atoms with Crippen molar-refractivity contribution in [3.8, 4) is 0 Å². The average molecular weight is 493 g/mol. The summed E-state index contributed by atoms with van der Waals surface area (Å²) in [5, 5.41) is 27.7. The van der Waals surface area contributed by atoms with Crippen LogP contribution in [0.5, 0.6) is 0 Å². The highest BCUT2D eigenvalue weighted by Crippen LogP contribution is 2.35. The number of ketones is 1. The third kappa shape index (κ3) is 6.53. The first-order valence-electron chi connectivity index (χ1n) is 12.4. The van der Waals surface area contributed by atoms with Gasteiger partial charge in [0.2, 0.25) is 5.91 Å². The van der Waals surface area contributed by atoms with Crippen LogP contribution in [0.1, 0.15) is 77.4 Å². The lowest BCUT2D eigenvalue weighted by atomic mass is 9.73. The van der Waals surface area contributed by atoms with E-state index >= 15 is 0 Å². The number of rotatable bonds is 2. The number of Topliss-reactive ketones (excluding diaryl/α,β-unsaturated/α-hetero) is 1. The van der Waals surface area contributed by atoms with Crippen molar-refractivity contribution in [2.45, 2.75) is 104 Å². The van der Waals surface area contributed by atoms with Gasteiger partial charge in [0.25, 0.3) is 0 Å². The van der Waals surface area contributed by atoms with Gasteiger partial charge in [-0.3, -0.25) is 9.59 Å². The molecule has 3 rings (SSSR count). The van der Waals surface area contributed by atoms with Crippen LogP contribution >= 0.6 is 11.3 Å². The Labute approximate surface area is 207 Å². The summed E-state index contributed by atoms with van der Waals surface area (Å²) in [7, 11) is 0. The third-order valence-electron chi connectivity index (χ3n) is 7.56. The van der Waals surface area contributed by atoms with Gasteiger partial charge >= 0.3 is 0 Å². The van der Waals surface area contributed by atoms with Gasteiger partial charge < -0.3 is 20.3 Å². The minimum absolute atomic E-state index is 0.0419. The molecule has 2 unspecified atom stereocenters. The highest BCUT2D eigenvalue weighted by Gasteiger charge is 2.44. The number of hydrogen-bond acceptors (Lipinski definition) is 7. The molecule has 1 amide bonds. The van der Waals surface area contributed by atoms with Gasteiger partial charge in [-0.05, 0) is 44.3 Å². The lowest BCUT2D eigenvalue weighted by Gasteiger charge is -2.34. The molecule has 0 spiro atoms. The fourth-order valence-electron chi connectivity index (χ4n) is 4.91. The van der Waals surface area contributed by atoms with Gasteiger partial charge in [0, 0.05) is 17.7 Å². The second-order valence-corrected chi connectivity index (χ2v) is 11.8. The van der Waals surface area contributed by atoms with Crippen molar-refractivity contribution < 1.29 is 24.5 Å². The lowest BCUT2D eigenvalue weighted by Crippen LogP contribution is -2.47. The molecule has 3 N–H and O–H groups in total. The number of aliphatic hydroxyl groups is 2. The monoisotopic (exact) mass is 492 g/mol. The molecule has 1 aromatic heterocycles. The van der Waals surface area contributed by atoms with Crippen molar-refractivity contribution in [1.29, 1.82) is 0 Å². The van der Waals surface area contributed by atoms with E-state index in [1.165, 1.54) is 0 Å². The molecule has 34 heavy (non-hydrogen) atoms. The highest BCUT2D eigenvalue weighted by atomic mass is 32.1. The van der Waals surface area contributed by atoms with E-state index in [1.807, 2.05) is 32.2 Å². The number of epoxide rings is 1. The number of fused-ring (bicyclic) bond motifs is 1. The van der Waals surface area contributed by atoms with Crippen LogP contribution in [-0.4, -0.2) is 57.3 Å². The molecule has 0 radical (unpaired) electrons.